The summed E-state index contributed by atoms with van der Waals surface area (Å²) in [4.78, 5) is 2.31. The normalized spacial score (nSPS) is 21.6. The van der Waals surface area contributed by atoms with E-state index in [0.717, 1.165) is 36.8 Å². The molecule has 2 unspecified atom stereocenters. The van der Waals surface area contributed by atoms with Gasteiger partial charge in [0.05, 0.1) is 6.61 Å². The molecule has 0 aliphatic carbocycles. The van der Waals surface area contributed by atoms with Crippen LogP contribution in [-0.4, -0.2) is 37.7 Å². The second-order valence-electron chi connectivity index (χ2n) is 5.29. The van der Waals surface area contributed by atoms with E-state index in [9.17, 15) is 0 Å². The molecule has 1 aliphatic heterocycles. The van der Waals surface area contributed by atoms with E-state index in [1.807, 2.05) is 18.2 Å². The maximum atomic E-state index is 6.22. The first-order valence-corrected chi connectivity index (χ1v) is 7.31. The van der Waals surface area contributed by atoms with Crippen LogP contribution in [0.25, 0.3) is 0 Å². The summed E-state index contributed by atoms with van der Waals surface area (Å²) in [7, 11) is 2.12. The maximum absolute atomic E-state index is 6.22. The van der Waals surface area contributed by atoms with Crippen molar-refractivity contribution >= 4 is 11.6 Å². The molecular formula is C15H23ClN2O. The number of nitrogens with zero attached hydrogens (tertiary/aromatic N) is 1. The van der Waals surface area contributed by atoms with E-state index in [4.69, 9.17) is 22.1 Å². The molecule has 0 radical (unpaired) electrons. The molecular weight excluding hydrogens is 260 g/mol. The summed E-state index contributed by atoms with van der Waals surface area (Å²) in [5, 5.41) is 0.824. The highest BCUT2D eigenvalue weighted by atomic mass is 35.5. The van der Waals surface area contributed by atoms with Crippen LogP contribution in [0.15, 0.2) is 24.3 Å². The van der Waals surface area contributed by atoms with E-state index in [1.54, 1.807) is 0 Å². The maximum Gasteiger partial charge on any atom is 0.0509 e. The van der Waals surface area contributed by atoms with E-state index in [-0.39, 0.29) is 0 Å². The molecule has 2 N–H and O–H groups in total. The molecule has 0 spiro atoms. The zero-order valence-electron chi connectivity index (χ0n) is 11.5. The van der Waals surface area contributed by atoms with E-state index >= 15 is 0 Å². The third-order valence-electron chi connectivity index (χ3n) is 3.92. The molecule has 1 aliphatic rings. The van der Waals surface area contributed by atoms with Gasteiger partial charge in [-0.1, -0.05) is 29.8 Å². The van der Waals surface area contributed by atoms with E-state index < -0.39 is 0 Å². The standard InChI is InChI=1S/C15H23ClN2O/c1-18(10-12-5-2-3-7-14(12)16)15(9-17)13-6-4-8-19-11-13/h2-3,5,7,13,15H,4,6,8-11,17H2,1H3. The number of ether oxygens (including phenoxy) is 1. The summed E-state index contributed by atoms with van der Waals surface area (Å²) < 4.78 is 5.58. The second-order valence-corrected chi connectivity index (χ2v) is 5.69. The van der Waals surface area contributed by atoms with Gasteiger partial charge in [0.2, 0.25) is 0 Å². The Kier molecular flexibility index (Phi) is 5.64. The fourth-order valence-electron chi connectivity index (χ4n) is 2.81. The minimum atomic E-state index is 0.358. The molecule has 2 atom stereocenters. The van der Waals surface area contributed by atoms with Crippen molar-refractivity contribution in [2.24, 2.45) is 11.7 Å². The van der Waals surface area contributed by atoms with Gasteiger partial charge in [0.15, 0.2) is 0 Å². The zero-order valence-corrected chi connectivity index (χ0v) is 12.3. The van der Waals surface area contributed by atoms with Crippen LogP contribution in [0.5, 0.6) is 0 Å². The molecule has 3 nitrogen and oxygen atoms in total. The first kappa shape index (κ1) is 14.8. The van der Waals surface area contributed by atoms with Crippen LogP contribution in [0.1, 0.15) is 18.4 Å². The van der Waals surface area contributed by atoms with Crippen LogP contribution in [0, 0.1) is 5.92 Å². The fraction of sp³-hybridized carbons (Fsp3) is 0.600. The highest BCUT2D eigenvalue weighted by molar-refractivity contribution is 6.31. The first-order valence-electron chi connectivity index (χ1n) is 6.94. The lowest BCUT2D eigenvalue weighted by Crippen LogP contribution is -2.45. The van der Waals surface area contributed by atoms with Crippen LogP contribution in [0.4, 0.5) is 0 Å². The van der Waals surface area contributed by atoms with Gasteiger partial charge < -0.3 is 10.5 Å². The minimum Gasteiger partial charge on any atom is -0.381 e. The molecule has 1 aromatic carbocycles. The number of rotatable bonds is 5. The molecule has 106 valence electrons. The summed E-state index contributed by atoms with van der Waals surface area (Å²) in [5.41, 5.74) is 7.12. The van der Waals surface area contributed by atoms with Gasteiger partial charge in [-0.3, -0.25) is 4.90 Å². The smallest absolute Gasteiger partial charge is 0.0509 e. The number of likely N-dealkylation sites (N-methyl/N-ethyl adjacent to an activating group) is 1. The lowest BCUT2D eigenvalue weighted by Gasteiger charge is -2.36. The van der Waals surface area contributed by atoms with Gasteiger partial charge in [-0.15, -0.1) is 0 Å². The van der Waals surface area contributed by atoms with Crippen molar-refractivity contribution < 1.29 is 4.74 Å². The van der Waals surface area contributed by atoms with Crippen molar-refractivity contribution in [3.8, 4) is 0 Å². The van der Waals surface area contributed by atoms with Crippen LogP contribution < -0.4 is 5.73 Å². The number of hydrogen-bond donors (Lipinski definition) is 1. The summed E-state index contributed by atoms with van der Waals surface area (Å²) in [5.74, 6) is 0.534. The Morgan fingerprint density at radius 1 is 1.47 bits per heavy atom. The first-order chi connectivity index (χ1) is 9.22. The molecule has 4 heteroatoms. The monoisotopic (exact) mass is 282 g/mol. The number of halogens is 1. The third kappa shape index (κ3) is 3.93. The Hall–Kier alpha value is -0.610. The van der Waals surface area contributed by atoms with Crippen LogP contribution in [0.2, 0.25) is 5.02 Å². The average Bonchev–Trinajstić information content (AvgIpc) is 2.43. The molecule has 1 aromatic rings. The van der Waals surface area contributed by atoms with Crippen molar-refractivity contribution in [2.45, 2.75) is 25.4 Å². The summed E-state index contributed by atoms with van der Waals surface area (Å²) >= 11 is 6.22. The predicted octanol–water partition coefficient (Wildman–Crippen LogP) is 2.53. The Bertz CT molecular complexity index is 393. The van der Waals surface area contributed by atoms with Crippen molar-refractivity contribution in [1.29, 1.82) is 0 Å². The van der Waals surface area contributed by atoms with Crippen LogP contribution in [-0.2, 0) is 11.3 Å². The topological polar surface area (TPSA) is 38.5 Å². The van der Waals surface area contributed by atoms with Crippen molar-refractivity contribution in [3.63, 3.8) is 0 Å². The molecule has 0 saturated carbocycles. The largest absolute Gasteiger partial charge is 0.381 e. The number of hydrogen-bond acceptors (Lipinski definition) is 3. The van der Waals surface area contributed by atoms with E-state index in [0.29, 0.717) is 18.5 Å². The Labute approximate surface area is 120 Å². The highest BCUT2D eigenvalue weighted by Crippen LogP contribution is 2.23. The average molecular weight is 283 g/mol. The number of nitrogens with two attached hydrogens (primary N) is 1. The van der Waals surface area contributed by atoms with Crippen LogP contribution in [0.3, 0.4) is 0 Å². The molecule has 2 rings (SSSR count). The molecule has 0 aromatic heterocycles. The molecule has 1 saturated heterocycles. The van der Waals surface area contributed by atoms with Gasteiger partial charge in [0.25, 0.3) is 0 Å². The molecule has 19 heavy (non-hydrogen) atoms. The molecule has 0 amide bonds. The predicted molar refractivity (Wildman–Crippen MR) is 79.3 cm³/mol. The second kappa shape index (κ2) is 7.25. The third-order valence-corrected chi connectivity index (χ3v) is 4.29. The highest BCUT2D eigenvalue weighted by Gasteiger charge is 2.26. The van der Waals surface area contributed by atoms with Gasteiger partial charge >= 0.3 is 0 Å². The summed E-state index contributed by atoms with van der Waals surface area (Å²) in [6.45, 7) is 3.21. The number of benzene rings is 1. The molecule has 1 heterocycles. The van der Waals surface area contributed by atoms with Crippen molar-refractivity contribution in [1.82, 2.24) is 4.90 Å². The zero-order chi connectivity index (χ0) is 13.7. The molecule has 1 fully saturated rings. The Balaban J connectivity index is 2.00. The molecule has 0 bridgehead atoms. The SMILES string of the molecule is CN(Cc1ccccc1Cl)C(CN)C1CCCOC1. The lowest BCUT2D eigenvalue weighted by molar-refractivity contribution is 0.0156. The van der Waals surface area contributed by atoms with Crippen LogP contribution >= 0.6 is 11.6 Å². The van der Waals surface area contributed by atoms with Crippen molar-refractivity contribution in [2.75, 3.05) is 26.8 Å². The van der Waals surface area contributed by atoms with E-state index in [1.165, 1.54) is 6.42 Å². The fourth-order valence-corrected chi connectivity index (χ4v) is 3.01. The Morgan fingerprint density at radius 3 is 2.89 bits per heavy atom. The summed E-state index contributed by atoms with van der Waals surface area (Å²) in [6.07, 6.45) is 2.34. The van der Waals surface area contributed by atoms with Gasteiger partial charge in [0.1, 0.15) is 0 Å². The minimum absolute atomic E-state index is 0.358. The lowest BCUT2D eigenvalue weighted by atomic mass is 9.92. The van der Waals surface area contributed by atoms with Gasteiger partial charge in [0, 0.05) is 30.8 Å². The summed E-state index contributed by atoms with van der Waals surface area (Å²) in [6, 6.07) is 8.35. The van der Waals surface area contributed by atoms with Gasteiger partial charge in [-0.2, -0.15) is 0 Å². The Morgan fingerprint density at radius 2 is 2.26 bits per heavy atom. The quantitative estimate of drug-likeness (QED) is 0.902. The van der Waals surface area contributed by atoms with Gasteiger partial charge in [-0.05, 0) is 37.4 Å². The van der Waals surface area contributed by atoms with Crippen molar-refractivity contribution in [3.05, 3.63) is 34.9 Å². The van der Waals surface area contributed by atoms with E-state index in [2.05, 4.69) is 18.0 Å². The van der Waals surface area contributed by atoms with Gasteiger partial charge in [-0.25, -0.2) is 0 Å².